The van der Waals surface area contributed by atoms with Gasteiger partial charge < -0.3 is 4.90 Å². The number of benzene rings is 2. The molecule has 2 heterocycles. The van der Waals surface area contributed by atoms with Gasteiger partial charge >= 0.3 is 0 Å². The Morgan fingerprint density at radius 1 is 0.905 bits per heavy atom. The monoisotopic (exact) mass is 273 g/mol. The highest BCUT2D eigenvalue weighted by atomic mass is 16.2. The van der Waals surface area contributed by atoms with E-state index in [1.807, 2.05) is 59.5 Å². The Balaban J connectivity index is 2.06. The molecule has 1 atom stereocenters. The Labute approximate surface area is 124 Å². The maximum atomic E-state index is 12.8. The van der Waals surface area contributed by atoms with Crippen molar-refractivity contribution < 1.29 is 4.79 Å². The minimum atomic E-state index is -0.488. The predicted molar refractivity (Wildman–Crippen MR) is 83.0 cm³/mol. The molecule has 2 heteroatoms. The van der Waals surface area contributed by atoms with E-state index in [0.717, 1.165) is 16.7 Å². The number of hydrogen-bond acceptors (Lipinski definition) is 1. The molecule has 0 saturated heterocycles. The molecule has 102 valence electrons. The van der Waals surface area contributed by atoms with Crippen LogP contribution in [0.1, 0.15) is 21.5 Å². The lowest BCUT2D eigenvalue weighted by Gasteiger charge is -2.36. The summed E-state index contributed by atoms with van der Waals surface area (Å²) in [6.45, 7) is 0.620. The summed E-state index contributed by atoms with van der Waals surface area (Å²) < 4.78 is 0. The number of amides is 1. The number of carbonyl (C=O) groups is 1. The molecule has 0 unspecified atom stereocenters. The number of nitrogens with zero attached hydrogens (tertiary/aromatic N) is 1. The van der Waals surface area contributed by atoms with Gasteiger partial charge in [-0.3, -0.25) is 4.79 Å². The van der Waals surface area contributed by atoms with Crippen molar-refractivity contribution in [2.75, 3.05) is 6.54 Å². The first-order chi connectivity index (χ1) is 10.3. The number of allylic oxidation sites excluding steroid dienone is 2. The van der Waals surface area contributed by atoms with Crippen molar-refractivity contribution in [1.82, 2.24) is 4.90 Å². The van der Waals surface area contributed by atoms with Gasteiger partial charge in [-0.05, 0) is 23.3 Å². The van der Waals surface area contributed by atoms with E-state index in [0.29, 0.717) is 6.54 Å². The second kappa shape index (κ2) is 4.45. The summed E-state index contributed by atoms with van der Waals surface area (Å²) in [6.07, 6.45) is 8.22. The van der Waals surface area contributed by atoms with Crippen LogP contribution in [0.25, 0.3) is 0 Å². The highest BCUT2D eigenvalue weighted by Crippen LogP contribution is 2.45. The molecule has 4 rings (SSSR count). The predicted octanol–water partition coefficient (Wildman–Crippen LogP) is 3.51. The Morgan fingerprint density at radius 2 is 1.67 bits per heavy atom. The van der Waals surface area contributed by atoms with Crippen LogP contribution < -0.4 is 0 Å². The van der Waals surface area contributed by atoms with Crippen molar-refractivity contribution in [3.63, 3.8) is 0 Å². The Bertz CT molecular complexity index is 760. The fourth-order valence-electron chi connectivity index (χ4n) is 3.40. The fourth-order valence-corrected chi connectivity index (χ4v) is 3.40. The average Bonchev–Trinajstić information content (AvgIpc) is 2.70. The molecule has 2 nitrogen and oxygen atoms in total. The summed E-state index contributed by atoms with van der Waals surface area (Å²) in [5.74, 6) is 0.102. The maximum absolute atomic E-state index is 12.8. The summed E-state index contributed by atoms with van der Waals surface area (Å²) in [7, 11) is 0. The minimum Gasteiger partial charge on any atom is -0.317 e. The van der Waals surface area contributed by atoms with Gasteiger partial charge in [0.1, 0.15) is 5.54 Å². The molecule has 0 N–H and O–H groups in total. The SMILES string of the molecule is O=C1c2ccccc2[C@]2(c3ccccc3)C=CC=CCN12. The van der Waals surface area contributed by atoms with Crippen LogP contribution in [-0.4, -0.2) is 17.4 Å². The van der Waals surface area contributed by atoms with Crippen molar-refractivity contribution >= 4 is 5.91 Å². The summed E-state index contributed by atoms with van der Waals surface area (Å²) in [5, 5.41) is 0. The molecule has 2 aliphatic rings. The van der Waals surface area contributed by atoms with Gasteiger partial charge in [-0.1, -0.05) is 66.8 Å². The Morgan fingerprint density at radius 3 is 2.52 bits per heavy atom. The van der Waals surface area contributed by atoms with Gasteiger partial charge in [0, 0.05) is 12.1 Å². The highest BCUT2D eigenvalue weighted by Gasteiger charge is 2.48. The zero-order chi connectivity index (χ0) is 14.3. The van der Waals surface area contributed by atoms with Crippen LogP contribution in [0.4, 0.5) is 0 Å². The van der Waals surface area contributed by atoms with E-state index >= 15 is 0 Å². The van der Waals surface area contributed by atoms with Crippen molar-refractivity contribution in [2.45, 2.75) is 5.54 Å². The third-order valence-corrected chi connectivity index (χ3v) is 4.33. The van der Waals surface area contributed by atoms with Crippen molar-refractivity contribution in [2.24, 2.45) is 0 Å². The number of rotatable bonds is 1. The zero-order valence-corrected chi connectivity index (χ0v) is 11.6. The lowest BCUT2D eigenvalue weighted by Crippen LogP contribution is -2.43. The molecule has 2 aromatic carbocycles. The molecule has 0 radical (unpaired) electrons. The molecule has 2 aromatic rings. The van der Waals surface area contributed by atoms with Crippen LogP contribution in [0.5, 0.6) is 0 Å². The maximum Gasteiger partial charge on any atom is 0.255 e. The van der Waals surface area contributed by atoms with Crippen LogP contribution in [0, 0.1) is 0 Å². The zero-order valence-electron chi connectivity index (χ0n) is 11.6. The van der Waals surface area contributed by atoms with Gasteiger partial charge in [0.25, 0.3) is 5.91 Å². The van der Waals surface area contributed by atoms with Crippen LogP contribution in [0.2, 0.25) is 0 Å². The van der Waals surface area contributed by atoms with E-state index in [-0.39, 0.29) is 5.91 Å². The number of carbonyl (C=O) groups excluding carboxylic acids is 1. The topological polar surface area (TPSA) is 20.3 Å². The molecule has 0 fully saturated rings. The lowest BCUT2D eigenvalue weighted by atomic mass is 9.82. The molecular weight excluding hydrogens is 258 g/mol. The van der Waals surface area contributed by atoms with Gasteiger partial charge in [-0.15, -0.1) is 0 Å². The second-order valence-corrected chi connectivity index (χ2v) is 5.38. The van der Waals surface area contributed by atoms with Crippen LogP contribution in [0.15, 0.2) is 78.9 Å². The summed E-state index contributed by atoms with van der Waals surface area (Å²) in [5.41, 5.74) is 2.52. The van der Waals surface area contributed by atoms with E-state index in [2.05, 4.69) is 24.3 Å². The largest absolute Gasteiger partial charge is 0.317 e. The third-order valence-electron chi connectivity index (χ3n) is 4.33. The van der Waals surface area contributed by atoms with Crippen molar-refractivity contribution in [1.29, 1.82) is 0 Å². The van der Waals surface area contributed by atoms with Gasteiger partial charge in [-0.25, -0.2) is 0 Å². The Kier molecular flexibility index (Phi) is 2.58. The molecule has 0 aliphatic carbocycles. The molecule has 2 aliphatic heterocycles. The smallest absolute Gasteiger partial charge is 0.255 e. The van der Waals surface area contributed by atoms with Gasteiger partial charge in [0.15, 0.2) is 0 Å². The third kappa shape index (κ3) is 1.56. The standard InChI is InChI=1S/C19H15NO/c21-18-16-11-5-6-12-17(16)19(15-9-3-1-4-10-15)13-7-2-8-14-20(18)19/h1-13H,14H2/t19-/m1/s1. The van der Waals surface area contributed by atoms with Crippen LogP contribution in [0.3, 0.4) is 0 Å². The molecular formula is C19H15NO. The first kappa shape index (κ1) is 12.2. The van der Waals surface area contributed by atoms with Gasteiger partial charge in [0.2, 0.25) is 0 Å². The Hall–Kier alpha value is -2.61. The van der Waals surface area contributed by atoms with E-state index in [4.69, 9.17) is 0 Å². The average molecular weight is 273 g/mol. The number of hydrogen-bond donors (Lipinski definition) is 0. The minimum absolute atomic E-state index is 0.102. The molecule has 1 amide bonds. The van der Waals surface area contributed by atoms with E-state index in [9.17, 15) is 4.79 Å². The summed E-state index contributed by atoms with van der Waals surface area (Å²) in [6, 6.07) is 18.2. The lowest BCUT2D eigenvalue weighted by molar-refractivity contribution is 0.0714. The molecule has 0 aromatic heterocycles. The van der Waals surface area contributed by atoms with Gasteiger partial charge in [0.05, 0.1) is 0 Å². The van der Waals surface area contributed by atoms with E-state index in [1.165, 1.54) is 0 Å². The molecule has 0 bridgehead atoms. The first-order valence-corrected chi connectivity index (χ1v) is 7.15. The highest BCUT2D eigenvalue weighted by molar-refractivity contribution is 6.01. The van der Waals surface area contributed by atoms with Crippen LogP contribution in [-0.2, 0) is 5.54 Å². The summed E-state index contributed by atoms with van der Waals surface area (Å²) in [4.78, 5) is 14.8. The fraction of sp³-hybridized carbons (Fsp3) is 0.105. The van der Waals surface area contributed by atoms with Gasteiger partial charge in [-0.2, -0.15) is 0 Å². The molecule has 21 heavy (non-hydrogen) atoms. The quantitative estimate of drug-likeness (QED) is 0.778. The van der Waals surface area contributed by atoms with Crippen molar-refractivity contribution in [3.8, 4) is 0 Å². The van der Waals surface area contributed by atoms with E-state index < -0.39 is 5.54 Å². The van der Waals surface area contributed by atoms with E-state index in [1.54, 1.807) is 0 Å². The van der Waals surface area contributed by atoms with Crippen LogP contribution >= 0.6 is 0 Å². The molecule has 0 spiro atoms. The summed E-state index contributed by atoms with van der Waals surface area (Å²) >= 11 is 0. The first-order valence-electron chi connectivity index (χ1n) is 7.15. The second-order valence-electron chi connectivity index (χ2n) is 5.38. The van der Waals surface area contributed by atoms with Crippen molar-refractivity contribution in [3.05, 3.63) is 95.6 Å². The number of fused-ring (bicyclic) bond motifs is 3. The molecule has 0 saturated carbocycles. The normalized spacial score (nSPS) is 22.9.